The van der Waals surface area contributed by atoms with E-state index in [4.69, 9.17) is 0 Å². The molecular weight excluding hydrogens is 428 g/mol. The number of pyridine rings is 1. The number of carbonyl (C=O) groups is 2. The van der Waals surface area contributed by atoms with Gasteiger partial charge in [-0.05, 0) is 74.4 Å². The highest BCUT2D eigenvalue weighted by atomic mass is 16.4. The molecule has 3 aliphatic rings. The van der Waals surface area contributed by atoms with Crippen molar-refractivity contribution in [3.63, 3.8) is 0 Å². The second-order valence-corrected chi connectivity index (χ2v) is 9.55. The van der Waals surface area contributed by atoms with Crippen LogP contribution in [0.15, 0.2) is 60.0 Å². The maximum Gasteiger partial charge on any atom is 0.305 e. The van der Waals surface area contributed by atoms with Crippen LogP contribution in [0, 0.1) is 5.92 Å². The molecule has 7 nitrogen and oxygen atoms in total. The predicted molar refractivity (Wildman–Crippen MR) is 131 cm³/mol. The summed E-state index contributed by atoms with van der Waals surface area (Å²) in [7, 11) is 0. The van der Waals surface area contributed by atoms with Gasteiger partial charge in [-0.3, -0.25) is 19.9 Å². The van der Waals surface area contributed by atoms with Crippen molar-refractivity contribution in [3.8, 4) is 0 Å². The molecule has 0 aliphatic carbocycles. The molecule has 2 saturated heterocycles. The zero-order chi connectivity index (χ0) is 23.5. The van der Waals surface area contributed by atoms with Gasteiger partial charge in [0.25, 0.3) is 0 Å². The lowest BCUT2D eigenvalue weighted by Crippen LogP contribution is -2.47. The van der Waals surface area contributed by atoms with Crippen molar-refractivity contribution in [2.24, 2.45) is 5.92 Å². The topological polar surface area (TPSA) is 94.6 Å². The fourth-order valence-electron chi connectivity index (χ4n) is 5.46. The standard InChI is InChI=1S/C27H32N4O3/c32-25(33)16-24(21-15-20-5-1-2-9-23(20)29-17-21)31-14-12-19(27(31)34)6-3-8-22-11-10-18-7-4-13-28-26(18)30-22/h1-2,5,9-11,15,17,19,24,26,28,30H,3-4,6-8,12-14,16H2,(H,32,33)/t19?,24-,26-/m0/s1. The number of benzene rings is 1. The molecule has 2 fully saturated rings. The van der Waals surface area contributed by atoms with Crippen molar-refractivity contribution >= 4 is 22.8 Å². The first-order valence-corrected chi connectivity index (χ1v) is 12.3. The number of aromatic nitrogens is 1. The van der Waals surface area contributed by atoms with Crippen LogP contribution in [0.3, 0.4) is 0 Å². The molecule has 3 N–H and O–H groups in total. The Labute approximate surface area is 199 Å². The number of carboxylic acid groups (broad SMARTS) is 1. The molecular formula is C27H32N4O3. The van der Waals surface area contributed by atoms with Gasteiger partial charge in [0, 0.05) is 29.7 Å². The number of dihydropyridines is 1. The lowest BCUT2D eigenvalue weighted by molar-refractivity contribution is -0.140. The molecule has 4 heterocycles. The van der Waals surface area contributed by atoms with Crippen molar-refractivity contribution in [3.05, 3.63) is 65.5 Å². The molecule has 1 amide bonds. The van der Waals surface area contributed by atoms with Gasteiger partial charge in [0.1, 0.15) is 0 Å². The third-order valence-electron chi connectivity index (χ3n) is 7.28. The normalized spacial score (nSPS) is 23.2. The molecule has 0 bridgehead atoms. The summed E-state index contributed by atoms with van der Waals surface area (Å²) in [5.74, 6) is -0.887. The molecule has 0 radical (unpaired) electrons. The number of fused-ring (bicyclic) bond motifs is 2. The highest BCUT2D eigenvalue weighted by Gasteiger charge is 2.37. The van der Waals surface area contributed by atoms with Crippen molar-refractivity contribution in [2.75, 3.05) is 13.1 Å². The van der Waals surface area contributed by atoms with Crippen LogP contribution in [0.2, 0.25) is 0 Å². The average molecular weight is 461 g/mol. The Hall–Kier alpha value is -3.19. The summed E-state index contributed by atoms with van der Waals surface area (Å²) in [6.45, 7) is 1.63. The van der Waals surface area contributed by atoms with Crippen molar-refractivity contribution < 1.29 is 14.7 Å². The van der Waals surface area contributed by atoms with E-state index in [1.54, 1.807) is 11.1 Å². The Kier molecular flexibility index (Phi) is 6.63. The molecule has 0 saturated carbocycles. The van der Waals surface area contributed by atoms with E-state index in [-0.39, 0.29) is 24.4 Å². The van der Waals surface area contributed by atoms with E-state index in [2.05, 4.69) is 27.8 Å². The number of allylic oxidation sites excluding steroid dienone is 3. The van der Waals surface area contributed by atoms with Crippen LogP contribution in [0.4, 0.5) is 0 Å². The highest BCUT2D eigenvalue weighted by Crippen LogP contribution is 2.34. The average Bonchev–Trinajstić information content (AvgIpc) is 3.22. The smallest absolute Gasteiger partial charge is 0.305 e. The summed E-state index contributed by atoms with van der Waals surface area (Å²) in [6, 6.07) is 9.24. The van der Waals surface area contributed by atoms with Gasteiger partial charge < -0.3 is 15.3 Å². The van der Waals surface area contributed by atoms with Crippen molar-refractivity contribution in [1.82, 2.24) is 20.5 Å². The second kappa shape index (κ2) is 9.97. The first-order valence-electron chi connectivity index (χ1n) is 12.3. The number of nitrogens with zero attached hydrogens (tertiary/aromatic N) is 2. The van der Waals surface area contributed by atoms with E-state index in [9.17, 15) is 14.7 Å². The minimum atomic E-state index is -0.909. The van der Waals surface area contributed by atoms with E-state index in [0.717, 1.165) is 55.1 Å². The number of likely N-dealkylation sites (tertiary alicyclic amines) is 1. The van der Waals surface area contributed by atoms with E-state index in [0.29, 0.717) is 6.54 Å². The molecule has 2 aromatic rings. The molecule has 0 spiro atoms. The summed E-state index contributed by atoms with van der Waals surface area (Å²) in [5.41, 5.74) is 4.29. The fourth-order valence-corrected chi connectivity index (χ4v) is 5.46. The van der Waals surface area contributed by atoms with Crippen molar-refractivity contribution in [1.29, 1.82) is 0 Å². The van der Waals surface area contributed by atoms with Gasteiger partial charge in [0.15, 0.2) is 0 Å². The third kappa shape index (κ3) is 4.85. The van der Waals surface area contributed by atoms with Crippen LogP contribution in [0.5, 0.6) is 0 Å². The van der Waals surface area contributed by atoms with Gasteiger partial charge in [-0.2, -0.15) is 0 Å². The minimum Gasteiger partial charge on any atom is -0.481 e. The number of carbonyl (C=O) groups excluding carboxylic acids is 1. The van der Waals surface area contributed by atoms with Gasteiger partial charge in [0.2, 0.25) is 5.91 Å². The lowest BCUT2D eigenvalue weighted by atomic mass is 9.96. The summed E-state index contributed by atoms with van der Waals surface area (Å²) in [5, 5.41) is 17.6. The van der Waals surface area contributed by atoms with Crippen LogP contribution >= 0.6 is 0 Å². The Morgan fingerprint density at radius 1 is 1.26 bits per heavy atom. The maximum atomic E-state index is 13.3. The highest BCUT2D eigenvalue weighted by molar-refractivity contribution is 5.83. The van der Waals surface area contributed by atoms with Crippen LogP contribution in [0.25, 0.3) is 10.9 Å². The summed E-state index contributed by atoms with van der Waals surface area (Å²) >= 11 is 0. The van der Waals surface area contributed by atoms with E-state index in [1.165, 1.54) is 17.7 Å². The SMILES string of the molecule is O=C(O)C[C@@H](c1cnc2ccccc2c1)N1CCC(CCCC2=CC=C3CCCN[C@H]3N2)C1=O. The van der Waals surface area contributed by atoms with E-state index >= 15 is 0 Å². The van der Waals surface area contributed by atoms with E-state index in [1.807, 2.05) is 30.3 Å². The van der Waals surface area contributed by atoms with Crippen LogP contribution < -0.4 is 10.6 Å². The number of piperidine rings is 1. The van der Waals surface area contributed by atoms with Crippen LogP contribution in [0.1, 0.15) is 56.6 Å². The summed E-state index contributed by atoms with van der Waals surface area (Å²) in [6.07, 6.45) is 12.0. The fraction of sp³-hybridized carbons (Fsp3) is 0.444. The largest absolute Gasteiger partial charge is 0.481 e. The van der Waals surface area contributed by atoms with Gasteiger partial charge in [-0.1, -0.05) is 24.3 Å². The van der Waals surface area contributed by atoms with Crippen LogP contribution in [-0.4, -0.2) is 46.1 Å². The minimum absolute atomic E-state index is 0.0483. The van der Waals surface area contributed by atoms with Crippen molar-refractivity contribution in [2.45, 2.75) is 57.2 Å². The Morgan fingerprint density at radius 3 is 3.03 bits per heavy atom. The zero-order valence-corrected chi connectivity index (χ0v) is 19.4. The summed E-state index contributed by atoms with van der Waals surface area (Å²) in [4.78, 5) is 31.2. The number of hydrogen-bond acceptors (Lipinski definition) is 5. The number of hydrogen-bond donors (Lipinski definition) is 3. The van der Waals surface area contributed by atoms with E-state index < -0.39 is 12.0 Å². The lowest BCUT2D eigenvalue weighted by Gasteiger charge is -2.32. The van der Waals surface area contributed by atoms with Gasteiger partial charge in [-0.25, -0.2) is 0 Å². The molecule has 1 unspecified atom stereocenters. The molecule has 178 valence electrons. The van der Waals surface area contributed by atoms with Gasteiger partial charge >= 0.3 is 5.97 Å². The quantitative estimate of drug-likeness (QED) is 0.553. The molecule has 1 aromatic carbocycles. The number of para-hydroxylation sites is 1. The van der Waals surface area contributed by atoms with Gasteiger partial charge in [-0.15, -0.1) is 0 Å². The molecule has 34 heavy (non-hydrogen) atoms. The number of aliphatic carboxylic acids is 1. The molecule has 3 atom stereocenters. The number of rotatable bonds is 8. The Bertz CT molecular complexity index is 1140. The van der Waals surface area contributed by atoms with Gasteiger partial charge in [0.05, 0.1) is 24.1 Å². The maximum absolute atomic E-state index is 13.3. The Morgan fingerprint density at radius 2 is 2.15 bits per heavy atom. The zero-order valence-electron chi connectivity index (χ0n) is 19.4. The number of nitrogens with one attached hydrogen (secondary N) is 2. The number of carboxylic acids is 1. The third-order valence-corrected chi connectivity index (χ3v) is 7.28. The first kappa shape index (κ1) is 22.6. The molecule has 3 aliphatic heterocycles. The second-order valence-electron chi connectivity index (χ2n) is 9.55. The molecule has 1 aromatic heterocycles. The molecule has 5 rings (SSSR count). The monoisotopic (exact) mass is 460 g/mol. The predicted octanol–water partition coefficient (Wildman–Crippen LogP) is 3.89. The molecule has 7 heteroatoms. The Balaban J connectivity index is 1.22. The number of amides is 1. The first-order chi connectivity index (χ1) is 16.6. The summed E-state index contributed by atoms with van der Waals surface area (Å²) < 4.78 is 0. The van der Waals surface area contributed by atoms with Crippen LogP contribution in [-0.2, 0) is 9.59 Å².